The largest absolute Gasteiger partial charge is 0.375 e. The van der Waals surface area contributed by atoms with Crippen LogP contribution in [0.5, 0.6) is 0 Å². The van der Waals surface area contributed by atoms with Crippen LogP contribution in [-0.2, 0) is 4.79 Å². The first-order chi connectivity index (χ1) is 14.8. The molecule has 0 aliphatic rings. The number of aryl methyl sites for hydroxylation is 1. The smallest absolute Gasteiger partial charge is 0.270 e. The van der Waals surface area contributed by atoms with Crippen LogP contribution in [0.2, 0.25) is 0 Å². The summed E-state index contributed by atoms with van der Waals surface area (Å²) >= 11 is 3.46. The fourth-order valence-corrected chi connectivity index (χ4v) is 3.63. The molecule has 31 heavy (non-hydrogen) atoms. The molecule has 0 aliphatic carbocycles. The molecule has 0 saturated heterocycles. The van der Waals surface area contributed by atoms with E-state index in [9.17, 15) is 14.9 Å². The monoisotopic (exact) mass is 489 g/mol. The summed E-state index contributed by atoms with van der Waals surface area (Å²) in [6, 6.07) is 10.5. The van der Waals surface area contributed by atoms with E-state index in [1.54, 1.807) is 6.07 Å². The van der Waals surface area contributed by atoms with Crippen molar-refractivity contribution in [1.82, 2.24) is 5.43 Å². The standard InChI is InChI=1S/C22H28BrN5O3/c1-4-6-11-27(5-2)21-10-8-18(28(30)31)13-17(21)14-25-26-22(29)15-24-20-9-7-16(3)12-19(20)23/h7-10,12-14,24H,4-6,11,15H2,1-3H3,(H,26,29)/b25-14+. The number of nitro benzene ring substituents is 1. The maximum Gasteiger partial charge on any atom is 0.270 e. The zero-order valence-electron chi connectivity index (χ0n) is 18.0. The summed E-state index contributed by atoms with van der Waals surface area (Å²) in [4.78, 5) is 25.1. The number of hydrogen-bond acceptors (Lipinski definition) is 6. The van der Waals surface area contributed by atoms with Gasteiger partial charge in [-0.3, -0.25) is 14.9 Å². The lowest BCUT2D eigenvalue weighted by atomic mass is 10.1. The Hall–Kier alpha value is -2.94. The molecule has 2 rings (SSSR count). The second-order valence-electron chi connectivity index (χ2n) is 7.06. The molecule has 8 nitrogen and oxygen atoms in total. The van der Waals surface area contributed by atoms with Crippen molar-refractivity contribution in [3.63, 3.8) is 0 Å². The number of nitro groups is 1. The van der Waals surface area contributed by atoms with Gasteiger partial charge in [0.1, 0.15) is 0 Å². The minimum absolute atomic E-state index is 0.0195. The molecule has 0 atom stereocenters. The fourth-order valence-electron chi connectivity index (χ4n) is 3.00. The van der Waals surface area contributed by atoms with Gasteiger partial charge in [-0.05, 0) is 60.0 Å². The van der Waals surface area contributed by atoms with Crippen molar-refractivity contribution in [2.45, 2.75) is 33.6 Å². The Balaban J connectivity index is 2.09. The predicted molar refractivity (Wildman–Crippen MR) is 129 cm³/mol. The van der Waals surface area contributed by atoms with Crippen molar-refractivity contribution in [2.75, 3.05) is 29.9 Å². The number of carbonyl (C=O) groups is 1. The number of hydrazone groups is 1. The molecule has 0 saturated carbocycles. The van der Waals surface area contributed by atoms with Crippen LogP contribution in [0.1, 0.15) is 37.8 Å². The lowest BCUT2D eigenvalue weighted by Crippen LogP contribution is -2.27. The lowest BCUT2D eigenvalue weighted by Gasteiger charge is -2.24. The number of nitrogens with one attached hydrogen (secondary N) is 2. The van der Waals surface area contributed by atoms with E-state index in [-0.39, 0.29) is 18.1 Å². The van der Waals surface area contributed by atoms with E-state index in [0.29, 0.717) is 5.56 Å². The molecule has 2 aromatic rings. The maximum absolute atomic E-state index is 12.2. The quantitative estimate of drug-likeness (QED) is 0.266. The van der Waals surface area contributed by atoms with Crippen molar-refractivity contribution in [2.24, 2.45) is 5.10 Å². The second-order valence-corrected chi connectivity index (χ2v) is 7.92. The molecular weight excluding hydrogens is 462 g/mol. The van der Waals surface area contributed by atoms with Gasteiger partial charge < -0.3 is 10.2 Å². The van der Waals surface area contributed by atoms with Crippen LogP contribution in [0.25, 0.3) is 0 Å². The summed E-state index contributed by atoms with van der Waals surface area (Å²) in [5.41, 5.74) is 5.80. The van der Waals surface area contributed by atoms with E-state index in [1.165, 1.54) is 18.3 Å². The number of amides is 1. The average molecular weight is 490 g/mol. The zero-order valence-corrected chi connectivity index (χ0v) is 19.6. The summed E-state index contributed by atoms with van der Waals surface area (Å²) in [5.74, 6) is -0.325. The Morgan fingerprint density at radius 1 is 1.26 bits per heavy atom. The third kappa shape index (κ3) is 7.36. The van der Waals surface area contributed by atoms with Gasteiger partial charge in [0, 0.05) is 46.6 Å². The maximum atomic E-state index is 12.2. The van der Waals surface area contributed by atoms with Crippen molar-refractivity contribution in [1.29, 1.82) is 0 Å². The number of non-ortho nitro benzene ring substituents is 1. The van der Waals surface area contributed by atoms with E-state index < -0.39 is 4.92 Å². The Bertz CT molecular complexity index is 949. The predicted octanol–water partition coefficient (Wildman–Crippen LogP) is 4.85. The molecule has 0 aromatic heterocycles. The third-order valence-corrected chi connectivity index (χ3v) is 5.34. The molecule has 0 spiro atoms. The van der Waals surface area contributed by atoms with Crippen molar-refractivity contribution < 1.29 is 9.72 Å². The molecule has 0 radical (unpaired) electrons. The van der Waals surface area contributed by atoms with Gasteiger partial charge in [0.25, 0.3) is 11.6 Å². The highest BCUT2D eigenvalue weighted by molar-refractivity contribution is 9.10. The molecule has 9 heteroatoms. The normalized spacial score (nSPS) is 10.8. The highest BCUT2D eigenvalue weighted by Crippen LogP contribution is 2.25. The molecule has 0 bridgehead atoms. The first-order valence-corrected chi connectivity index (χ1v) is 11.0. The lowest BCUT2D eigenvalue weighted by molar-refractivity contribution is -0.384. The number of rotatable bonds is 11. The average Bonchev–Trinajstić information content (AvgIpc) is 2.74. The van der Waals surface area contributed by atoms with Crippen LogP contribution in [0, 0.1) is 17.0 Å². The highest BCUT2D eigenvalue weighted by atomic mass is 79.9. The molecule has 166 valence electrons. The van der Waals surface area contributed by atoms with Gasteiger partial charge in [-0.25, -0.2) is 5.43 Å². The minimum atomic E-state index is -0.439. The number of nitrogens with zero attached hydrogens (tertiary/aromatic N) is 3. The van der Waals surface area contributed by atoms with E-state index in [2.05, 4.69) is 43.6 Å². The van der Waals surface area contributed by atoms with Gasteiger partial charge >= 0.3 is 0 Å². The van der Waals surface area contributed by atoms with Crippen LogP contribution in [0.3, 0.4) is 0 Å². The van der Waals surface area contributed by atoms with Crippen LogP contribution in [0.15, 0.2) is 46.0 Å². The van der Waals surface area contributed by atoms with Crippen LogP contribution < -0.4 is 15.6 Å². The highest BCUT2D eigenvalue weighted by Gasteiger charge is 2.14. The van der Waals surface area contributed by atoms with Crippen molar-refractivity contribution in [3.05, 3.63) is 62.1 Å². The van der Waals surface area contributed by atoms with Gasteiger partial charge in [0.15, 0.2) is 0 Å². The second kappa shape index (κ2) is 12.0. The van der Waals surface area contributed by atoms with E-state index in [0.717, 1.165) is 47.3 Å². The first-order valence-electron chi connectivity index (χ1n) is 10.2. The van der Waals surface area contributed by atoms with Gasteiger partial charge in [-0.1, -0.05) is 19.4 Å². The summed E-state index contributed by atoms with van der Waals surface area (Å²) in [6.45, 7) is 7.78. The molecule has 0 fully saturated rings. The minimum Gasteiger partial charge on any atom is -0.375 e. The topological polar surface area (TPSA) is 99.9 Å². The van der Waals surface area contributed by atoms with Gasteiger partial charge in [0.05, 0.1) is 17.7 Å². The third-order valence-electron chi connectivity index (χ3n) is 4.68. The molecular formula is C22H28BrN5O3. The number of anilines is 2. The number of halogens is 1. The van der Waals surface area contributed by atoms with E-state index >= 15 is 0 Å². The molecule has 2 N–H and O–H groups in total. The summed E-state index contributed by atoms with van der Waals surface area (Å²) < 4.78 is 0.872. The Kier molecular flexibility index (Phi) is 9.45. The molecule has 0 unspecified atom stereocenters. The zero-order chi connectivity index (χ0) is 22.8. The Morgan fingerprint density at radius 3 is 2.68 bits per heavy atom. The number of hydrogen-bond donors (Lipinski definition) is 2. The fraction of sp³-hybridized carbons (Fsp3) is 0.364. The Labute approximate surface area is 191 Å². The molecule has 1 amide bonds. The van der Waals surface area contributed by atoms with Crippen LogP contribution in [0.4, 0.5) is 17.1 Å². The Morgan fingerprint density at radius 2 is 2.03 bits per heavy atom. The molecule has 2 aromatic carbocycles. The van der Waals surface area contributed by atoms with Crippen molar-refractivity contribution >= 4 is 45.1 Å². The van der Waals surface area contributed by atoms with Gasteiger partial charge in [-0.2, -0.15) is 5.10 Å². The number of benzene rings is 2. The summed E-state index contributed by atoms with van der Waals surface area (Å²) in [5, 5.41) is 18.3. The van der Waals surface area contributed by atoms with E-state index in [4.69, 9.17) is 0 Å². The van der Waals surface area contributed by atoms with Gasteiger partial charge in [-0.15, -0.1) is 0 Å². The summed E-state index contributed by atoms with van der Waals surface area (Å²) in [7, 11) is 0. The van der Waals surface area contributed by atoms with E-state index in [1.807, 2.05) is 32.0 Å². The van der Waals surface area contributed by atoms with Crippen LogP contribution in [-0.4, -0.2) is 36.7 Å². The van der Waals surface area contributed by atoms with Crippen molar-refractivity contribution in [3.8, 4) is 0 Å². The SMILES string of the molecule is CCCCN(CC)c1ccc([N+](=O)[O-])cc1/C=N/NC(=O)CNc1ccc(C)cc1Br. The van der Waals surface area contributed by atoms with Crippen LogP contribution >= 0.6 is 15.9 Å². The van der Waals surface area contributed by atoms with Gasteiger partial charge in [0.2, 0.25) is 0 Å². The first kappa shape index (κ1) is 24.3. The summed E-state index contributed by atoms with van der Waals surface area (Å²) in [6.07, 6.45) is 3.52. The molecule has 0 heterocycles. The number of unbranched alkanes of at least 4 members (excludes halogenated alkanes) is 1. The number of carbonyl (C=O) groups excluding carboxylic acids is 1. The molecule has 0 aliphatic heterocycles.